The zero-order chi connectivity index (χ0) is 31.9. The first-order valence-electron chi connectivity index (χ1n) is 15.1. The fourth-order valence-electron chi connectivity index (χ4n) is 7.48. The van der Waals surface area contributed by atoms with Crippen LogP contribution in [0, 0.1) is 17.3 Å². The molecule has 2 fully saturated rings. The topological polar surface area (TPSA) is 79.0 Å². The molecule has 2 spiro atoms. The van der Waals surface area contributed by atoms with Crippen molar-refractivity contribution < 1.29 is 18.4 Å². The molecule has 0 bridgehead atoms. The number of halogens is 2. The van der Waals surface area contributed by atoms with Gasteiger partial charge >= 0.3 is 0 Å². The van der Waals surface area contributed by atoms with Crippen molar-refractivity contribution in [2.75, 3.05) is 20.1 Å². The number of benzene rings is 1. The van der Waals surface area contributed by atoms with Crippen molar-refractivity contribution >= 4 is 17.6 Å². The van der Waals surface area contributed by atoms with Crippen molar-refractivity contribution in [1.29, 1.82) is 0 Å². The van der Waals surface area contributed by atoms with E-state index < -0.39 is 28.1 Å². The third-order valence-corrected chi connectivity index (χ3v) is 10.0. The Balaban J connectivity index is 1.43. The summed E-state index contributed by atoms with van der Waals surface area (Å²) in [5, 5.41) is 0. The Morgan fingerprint density at radius 2 is 1.86 bits per heavy atom. The maximum Gasteiger partial charge on any atom is 0.259 e. The third kappa shape index (κ3) is 5.28. The van der Waals surface area contributed by atoms with E-state index in [-0.39, 0.29) is 24.2 Å². The highest BCUT2D eigenvalue weighted by Gasteiger charge is 2.56. The number of hydrogen-bond acceptors (Lipinski definition) is 4. The Hall–Kier alpha value is -4.09. The molecule has 230 valence electrons. The van der Waals surface area contributed by atoms with Gasteiger partial charge in [-0.05, 0) is 87.9 Å². The number of carbonyl (C=O) groups excluding carboxylic acids is 2. The van der Waals surface area contributed by atoms with Crippen molar-refractivity contribution in [3.8, 4) is 11.8 Å². The summed E-state index contributed by atoms with van der Waals surface area (Å²) in [6.45, 7) is 11.2. The van der Waals surface area contributed by atoms with E-state index in [9.17, 15) is 18.4 Å². The molecule has 2 amide bonds. The summed E-state index contributed by atoms with van der Waals surface area (Å²) in [4.78, 5) is 35.2. The number of piperazine rings is 1. The SMILES string of the molecule is C=CC/C=C1\C(N)=NC(=O)C12Cc1ccc(C#CCN3C(=O)C4(CCCC4)N(C)CC3(C)C(C)=CC(F)=CC(=C)F)cc1C2. The van der Waals surface area contributed by atoms with Crippen LogP contribution in [0.1, 0.15) is 62.6 Å². The van der Waals surface area contributed by atoms with E-state index in [4.69, 9.17) is 5.73 Å². The number of carbonyl (C=O) groups is 2. The molecular weight excluding hydrogens is 558 g/mol. The van der Waals surface area contributed by atoms with Crippen molar-refractivity contribution in [2.45, 2.75) is 69.9 Å². The van der Waals surface area contributed by atoms with Crippen LogP contribution in [0.2, 0.25) is 0 Å². The van der Waals surface area contributed by atoms with E-state index in [0.29, 0.717) is 31.4 Å². The molecule has 44 heavy (non-hydrogen) atoms. The van der Waals surface area contributed by atoms with Gasteiger partial charge in [0.2, 0.25) is 5.91 Å². The molecule has 5 rings (SSSR count). The van der Waals surface area contributed by atoms with E-state index in [1.165, 1.54) is 6.08 Å². The maximum absolute atomic E-state index is 14.6. The molecule has 0 aromatic heterocycles. The second-order valence-electron chi connectivity index (χ2n) is 12.7. The minimum absolute atomic E-state index is 0.0142. The summed E-state index contributed by atoms with van der Waals surface area (Å²) >= 11 is 0. The van der Waals surface area contributed by atoms with Crippen molar-refractivity contribution in [1.82, 2.24) is 9.80 Å². The van der Waals surface area contributed by atoms with Crippen LogP contribution < -0.4 is 5.73 Å². The molecular formula is C36H40F2N4O2. The average Bonchev–Trinajstić information content (AvgIpc) is 3.65. The molecule has 2 aliphatic carbocycles. The lowest BCUT2D eigenvalue weighted by Gasteiger charge is -2.55. The predicted molar refractivity (Wildman–Crippen MR) is 170 cm³/mol. The monoisotopic (exact) mass is 598 g/mol. The van der Waals surface area contributed by atoms with Crippen LogP contribution in [-0.4, -0.2) is 58.7 Å². The van der Waals surface area contributed by atoms with Gasteiger partial charge < -0.3 is 10.6 Å². The van der Waals surface area contributed by atoms with Gasteiger partial charge in [0.25, 0.3) is 5.91 Å². The zero-order valence-corrected chi connectivity index (χ0v) is 25.8. The van der Waals surface area contributed by atoms with Gasteiger partial charge in [0, 0.05) is 23.8 Å². The highest BCUT2D eigenvalue weighted by atomic mass is 19.1. The fourth-order valence-corrected chi connectivity index (χ4v) is 7.48. The van der Waals surface area contributed by atoms with Crippen LogP contribution in [0.4, 0.5) is 8.78 Å². The van der Waals surface area contributed by atoms with Gasteiger partial charge in [0.1, 0.15) is 23.0 Å². The maximum atomic E-state index is 14.6. The molecule has 2 heterocycles. The molecule has 1 aromatic rings. The first-order valence-corrected chi connectivity index (χ1v) is 15.1. The van der Waals surface area contributed by atoms with Gasteiger partial charge in [0.05, 0.1) is 17.5 Å². The molecule has 1 saturated heterocycles. The number of amides is 2. The Morgan fingerprint density at radius 3 is 2.55 bits per heavy atom. The van der Waals surface area contributed by atoms with Crippen molar-refractivity contribution in [3.05, 3.63) is 95.2 Å². The summed E-state index contributed by atoms with van der Waals surface area (Å²) in [6.07, 6.45) is 10.8. The number of aliphatic imine (C=N–C) groups is 1. The molecule has 1 aromatic carbocycles. The minimum atomic E-state index is -0.876. The van der Waals surface area contributed by atoms with Crippen LogP contribution in [0.15, 0.2) is 83.5 Å². The molecule has 2 aliphatic heterocycles. The summed E-state index contributed by atoms with van der Waals surface area (Å²) < 4.78 is 27.8. The van der Waals surface area contributed by atoms with E-state index in [2.05, 4.69) is 34.9 Å². The van der Waals surface area contributed by atoms with E-state index in [0.717, 1.165) is 54.0 Å². The lowest BCUT2D eigenvalue weighted by atomic mass is 9.77. The number of fused-ring (bicyclic) bond motifs is 1. The molecule has 1 saturated carbocycles. The largest absolute Gasteiger partial charge is 0.383 e. The summed E-state index contributed by atoms with van der Waals surface area (Å²) in [7, 11) is 1.95. The average molecular weight is 599 g/mol. The summed E-state index contributed by atoms with van der Waals surface area (Å²) in [5.74, 6) is 4.86. The first kappa shape index (κ1) is 31.3. The van der Waals surface area contributed by atoms with Crippen LogP contribution >= 0.6 is 0 Å². The lowest BCUT2D eigenvalue weighted by Crippen LogP contribution is -2.72. The minimum Gasteiger partial charge on any atom is -0.383 e. The van der Waals surface area contributed by atoms with Crippen LogP contribution in [0.3, 0.4) is 0 Å². The van der Waals surface area contributed by atoms with Crippen LogP contribution in [0.5, 0.6) is 0 Å². The number of rotatable bonds is 6. The second-order valence-corrected chi connectivity index (χ2v) is 12.7. The first-order chi connectivity index (χ1) is 20.9. The van der Waals surface area contributed by atoms with Crippen LogP contribution in [0.25, 0.3) is 0 Å². The molecule has 6 nitrogen and oxygen atoms in total. The zero-order valence-electron chi connectivity index (χ0n) is 25.8. The van der Waals surface area contributed by atoms with Gasteiger partial charge in [0.15, 0.2) is 0 Å². The number of nitrogens with two attached hydrogens (primary N) is 1. The van der Waals surface area contributed by atoms with Gasteiger partial charge in [-0.3, -0.25) is 14.5 Å². The predicted octanol–water partition coefficient (Wildman–Crippen LogP) is 5.65. The molecule has 2 atom stereocenters. The number of allylic oxidation sites excluding steroid dienone is 6. The normalized spacial score (nSPS) is 27.6. The molecule has 4 aliphatic rings. The summed E-state index contributed by atoms with van der Waals surface area (Å²) in [6, 6.07) is 5.93. The lowest BCUT2D eigenvalue weighted by molar-refractivity contribution is -0.158. The third-order valence-electron chi connectivity index (χ3n) is 10.0. The van der Waals surface area contributed by atoms with Gasteiger partial charge in [-0.1, -0.05) is 49.5 Å². The van der Waals surface area contributed by atoms with E-state index in [1.807, 2.05) is 38.2 Å². The van der Waals surface area contributed by atoms with Crippen LogP contribution in [-0.2, 0) is 22.4 Å². The number of amidine groups is 1. The molecule has 2 unspecified atom stereocenters. The molecule has 2 N–H and O–H groups in total. The summed E-state index contributed by atoms with van der Waals surface area (Å²) in [5.41, 5.74) is 8.12. The Bertz CT molecular complexity index is 1620. The van der Waals surface area contributed by atoms with Gasteiger partial charge in [-0.15, -0.1) is 6.58 Å². The standard InChI is InChI=1S/C36H40F2N4O2/c1-6-7-12-30-31(39)40-32(43)35(30)21-27-14-13-26(20-28(27)22-35)11-10-17-42-33(44)36(15-8-9-16-36)41(5)23-34(42,4)24(2)18-29(38)19-25(3)37/h6,12-14,18-20H,1,3,7-9,15-17,21-23H2,2,4-5H3,(H2,39,40,43)/b24-18?,29-19?,30-12+. The van der Waals surface area contributed by atoms with Crippen molar-refractivity contribution in [2.24, 2.45) is 16.1 Å². The second kappa shape index (κ2) is 11.8. The van der Waals surface area contributed by atoms with Gasteiger partial charge in [-0.25, -0.2) is 8.78 Å². The highest BCUT2D eigenvalue weighted by Crippen LogP contribution is 2.47. The number of nitrogens with zero attached hydrogens (tertiary/aromatic N) is 3. The Labute approximate surface area is 258 Å². The molecule has 8 heteroatoms. The Kier molecular flexibility index (Phi) is 8.39. The van der Waals surface area contributed by atoms with E-state index in [1.54, 1.807) is 17.9 Å². The quantitative estimate of drug-likeness (QED) is 0.261. The van der Waals surface area contributed by atoms with Gasteiger partial charge in [-0.2, -0.15) is 4.99 Å². The Morgan fingerprint density at radius 1 is 1.16 bits per heavy atom. The molecule has 0 radical (unpaired) electrons. The van der Waals surface area contributed by atoms with Crippen molar-refractivity contribution in [3.63, 3.8) is 0 Å². The fraction of sp³-hybridized carbons (Fsp3) is 0.417. The number of likely N-dealkylation sites (N-methyl/N-ethyl adjacent to an activating group) is 1. The highest BCUT2D eigenvalue weighted by molar-refractivity contribution is 6.16. The van der Waals surface area contributed by atoms with E-state index >= 15 is 0 Å². The number of hydrogen-bond donors (Lipinski definition) is 1. The smallest absolute Gasteiger partial charge is 0.259 e.